The Morgan fingerprint density at radius 3 is 2.19 bits per heavy atom. The molecule has 0 aliphatic heterocycles. The highest BCUT2D eigenvalue weighted by Crippen LogP contribution is 2.68. The summed E-state index contributed by atoms with van der Waals surface area (Å²) in [5.74, 6) is -0.318. The van der Waals surface area contributed by atoms with E-state index in [0.29, 0.717) is 12.3 Å². The van der Waals surface area contributed by atoms with Crippen molar-refractivity contribution in [1.82, 2.24) is 0 Å². The van der Waals surface area contributed by atoms with Crippen LogP contribution in [0.5, 0.6) is 0 Å². The molecule has 0 aromatic carbocycles. The highest BCUT2D eigenvalue weighted by atomic mass is 16.4. The summed E-state index contributed by atoms with van der Waals surface area (Å²) in [6.07, 6.45) is 4.20. The van der Waals surface area contributed by atoms with Crippen LogP contribution in [-0.4, -0.2) is 44.7 Å². The van der Waals surface area contributed by atoms with Gasteiger partial charge >= 0.3 is 5.97 Å². The van der Waals surface area contributed by atoms with Crippen LogP contribution in [0.4, 0.5) is 0 Å². The first-order valence-corrected chi connectivity index (χ1v) is 10.9. The van der Waals surface area contributed by atoms with Crippen LogP contribution in [0, 0.1) is 46.3 Å². The molecule has 0 saturated heterocycles. The first kappa shape index (κ1) is 19.7. The Morgan fingerprint density at radius 2 is 1.52 bits per heavy atom. The monoisotopic (exact) mass is 380 g/mol. The number of aliphatic hydroxyl groups excluding tert-OH is 3. The fourth-order valence-corrected chi connectivity index (χ4v) is 8.27. The summed E-state index contributed by atoms with van der Waals surface area (Å²) in [7, 11) is 0. The molecule has 0 spiro atoms. The Hall–Kier alpha value is -0.650. The van der Waals surface area contributed by atoms with Gasteiger partial charge in [0.1, 0.15) is 0 Å². The fraction of sp³-hybridized carbons (Fsp3) is 0.955. The maximum Gasteiger partial charge on any atom is 0.306 e. The van der Waals surface area contributed by atoms with E-state index in [4.69, 9.17) is 0 Å². The zero-order valence-electron chi connectivity index (χ0n) is 16.8. The average Bonchev–Trinajstić information content (AvgIpc) is 2.97. The van der Waals surface area contributed by atoms with Gasteiger partial charge in [-0.1, -0.05) is 20.8 Å². The number of aliphatic carboxylic acids is 1. The second kappa shape index (κ2) is 6.43. The molecular weight excluding hydrogens is 344 g/mol. The smallest absolute Gasteiger partial charge is 0.306 e. The molecule has 154 valence electrons. The standard InChI is InChI=1S/C22H36O5/c1-11(20(26)27)13-4-5-14-17-15(7-9-21(13,14)2)22(3)8-6-12(23)10-16(22)18(24)19(17)25/h11-19,23-25H,4-10H2,1-3H3,(H,26,27)/t11-,12+,13+,14-,15-,16-,17-,18+,19+,21+,22+/m0/s1. The van der Waals surface area contributed by atoms with Crippen LogP contribution in [0.3, 0.4) is 0 Å². The van der Waals surface area contributed by atoms with Crippen LogP contribution in [0.15, 0.2) is 0 Å². The number of carboxylic acid groups (broad SMARTS) is 1. The summed E-state index contributed by atoms with van der Waals surface area (Å²) in [4.78, 5) is 11.7. The molecule has 5 nitrogen and oxygen atoms in total. The predicted octanol–water partition coefficient (Wildman–Crippen LogP) is 2.67. The van der Waals surface area contributed by atoms with Crippen molar-refractivity contribution in [2.45, 2.75) is 84.0 Å². The van der Waals surface area contributed by atoms with Crippen molar-refractivity contribution >= 4 is 5.97 Å². The minimum absolute atomic E-state index is 0.0413. The molecule has 4 rings (SSSR count). The Morgan fingerprint density at radius 1 is 0.889 bits per heavy atom. The van der Waals surface area contributed by atoms with Gasteiger partial charge in [-0.25, -0.2) is 0 Å². The number of aliphatic hydroxyl groups is 3. The van der Waals surface area contributed by atoms with E-state index < -0.39 is 18.2 Å². The lowest BCUT2D eigenvalue weighted by molar-refractivity contribution is -0.223. The molecule has 4 aliphatic carbocycles. The number of rotatable bonds is 2. The third kappa shape index (κ3) is 2.64. The molecule has 4 fully saturated rings. The van der Waals surface area contributed by atoms with E-state index in [9.17, 15) is 25.2 Å². The third-order valence-electron chi connectivity index (χ3n) is 9.79. The van der Waals surface area contributed by atoms with E-state index >= 15 is 0 Å². The minimum Gasteiger partial charge on any atom is -0.481 e. The molecule has 0 aromatic heterocycles. The van der Waals surface area contributed by atoms with Gasteiger partial charge in [0.25, 0.3) is 0 Å². The van der Waals surface area contributed by atoms with Crippen LogP contribution in [0.25, 0.3) is 0 Å². The highest BCUT2D eigenvalue weighted by molar-refractivity contribution is 5.70. The number of hydrogen-bond donors (Lipinski definition) is 4. The molecule has 4 saturated carbocycles. The van der Waals surface area contributed by atoms with Crippen molar-refractivity contribution in [3.8, 4) is 0 Å². The van der Waals surface area contributed by atoms with Crippen LogP contribution in [0.2, 0.25) is 0 Å². The lowest BCUT2D eigenvalue weighted by atomic mass is 9.43. The molecule has 11 atom stereocenters. The fourth-order valence-electron chi connectivity index (χ4n) is 8.27. The van der Waals surface area contributed by atoms with Crippen molar-refractivity contribution < 1.29 is 25.2 Å². The number of fused-ring (bicyclic) bond motifs is 5. The van der Waals surface area contributed by atoms with Gasteiger partial charge in [0.2, 0.25) is 0 Å². The van der Waals surface area contributed by atoms with Crippen molar-refractivity contribution in [3.05, 3.63) is 0 Å². The van der Waals surface area contributed by atoms with Gasteiger partial charge in [0, 0.05) is 0 Å². The van der Waals surface area contributed by atoms with Crippen molar-refractivity contribution in [2.24, 2.45) is 46.3 Å². The largest absolute Gasteiger partial charge is 0.481 e. The Labute approximate surface area is 162 Å². The van der Waals surface area contributed by atoms with E-state index in [-0.39, 0.29) is 46.5 Å². The highest BCUT2D eigenvalue weighted by Gasteiger charge is 2.65. The van der Waals surface area contributed by atoms with Crippen molar-refractivity contribution in [2.75, 3.05) is 0 Å². The SMILES string of the molecule is C[C@H](C(=O)O)[C@H]1CC[C@H]2[C@@H]3[C@@H](O)[C@H](O)[C@@H]4C[C@H](O)CC[C@]4(C)[C@H]3CC[C@]12C. The molecular formula is C22H36O5. The Balaban J connectivity index is 1.68. The zero-order valence-corrected chi connectivity index (χ0v) is 16.8. The quantitative estimate of drug-likeness (QED) is 0.590. The number of carbonyl (C=O) groups is 1. The summed E-state index contributed by atoms with van der Waals surface area (Å²) < 4.78 is 0. The van der Waals surface area contributed by atoms with Gasteiger partial charge in [-0.2, -0.15) is 0 Å². The summed E-state index contributed by atoms with van der Waals surface area (Å²) in [5, 5.41) is 41.9. The molecule has 27 heavy (non-hydrogen) atoms. The van der Waals surface area contributed by atoms with E-state index in [1.165, 1.54) is 0 Å². The summed E-state index contributed by atoms with van der Waals surface area (Å²) in [6.45, 7) is 6.34. The van der Waals surface area contributed by atoms with Gasteiger partial charge in [-0.15, -0.1) is 0 Å². The Bertz CT molecular complexity index is 608. The predicted molar refractivity (Wildman–Crippen MR) is 101 cm³/mol. The number of hydrogen-bond acceptors (Lipinski definition) is 4. The van der Waals surface area contributed by atoms with Gasteiger partial charge < -0.3 is 20.4 Å². The molecule has 0 amide bonds. The number of carboxylic acids is 1. The summed E-state index contributed by atoms with van der Waals surface area (Å²) in [5.41, 5.74) is -0.114. The second-order valence-corrected chi connectivity index (χ2v) is 10.7. The minimum atomic E-state index is -0.788. The molecule has 0 radical (unpaired) electrons. The Kier molecular flexibility index (Phi) is 4.68. The average molecular weight is 381 g/mol. The lowest BCUT2D eigenvalue weighted by Crippen LogP contribution is -2.64. The van der Waals surface area contributed by atoms with Crippen LogP contribution in [0.1, 0.15) is 65.7 Å². The first-order valence-electron chi connectivity index (χ1n) is 10.9. The van der Waals surface area contributed by atoms with Crippen molar-refractivity contribution in [3.63, 3.8) is 0 Å². The van der Waals surface area contributed by atoms with Crippen molar-refractivity contribution in [1.29, 1.82) is 0 Å². The molecule has 5 heteroatoms. The first-order chi connectivity index (χ1) is 12.6. The van der Waals surface area contributed by atoms with Crippen LogP contribution in [-0.2, 0) is 4.79 Å². The molecule has 4 N–H and O–H groups in total. The van der Waals surface area contributed by atoms with Gasteiger partial charge in [0.05, 0.1) is 24.2 Å². The van der Waals surface area contributed by atoms with Gasteiger partial charge in [-0.3, -0.25) is 4.79 Å². The molecule has 0 unspecified atom stereocenters. The van der Waals surface area contributed by atoms with Gasteiger partial charge in [0.15, 0.2) is 0 Å². The maximum absolute atomic E-state index is 11.7. The van der Waals surface area contributed by atoms with E-state index in [0.717, 1.165) is 38.5 Å². The zero-order chi connectivity index (χ0) is 19.7. The summed E-state index contributed by atoms with van der Waals surface area (Å²) in [6, 6.07) is 0. The molecule has 0 aromatic rings. The normalized spacial score (nSPS) is 55.9. The lowest BCUT2D eigenvalue weighted by Gasteiger charge is -2.63. The van der Waals surface area contributed by atoms with E-state index in [1.807, 2.05) is 6.92 Å². The molecule has 0 bridgehead atoms. The van der Waals surface area contributed by atoms with E-state index in [1.54, 1.807) is 0 Å². The maximum atomic E-state index is 11.7. The second-order valence-electron chi connectivity index (χ2n) is 10.7. The third-order valence-corrected chi connectivity index (χ3v) is 9.79. The van der Waals surface area contributed by atoms with Crippen LogP contribution < -0.4 is 0 Å². The van der Waals surface area contributed by atoms with E-state index in [2.05, 4.69) is 13.8 Å². The topological polar surface area (TPSA) is 98.0 Å². The molecule has 4 aliphatic rings. The van der Waals surface area contributed by atoms with Crippen LogP contribution >= 0.6 is 0 Å². The van der Waals surface area contributed by atoms with Gasteiger partial charge in [-0.05, 0) is 85.4 Å². The summed E-state index contributed by atoms with van der Waals surface area (Å²) >= 11 is 0. The molecule has 0 heterocycles.